The van der Waals surface area contributed by atoms with Gasteiger partial charge in [-0.1, -0.05) is 32.9 Å². The van der Waals surface area contributed by atoms with Crippen molar-refractivity contribution in [2.75, 3.05) is 13.1 Å². The zero-order chi connectivity index (χ0) is 27.8. The maximum Gasteiger partial charge on any atom is 0.253 e. The Labute approximate surface area is 215 Å². The van der Waals surface area contributed by atoms with E-state index in [1.165, 1.54) is 25.1 Å². The summed E-state index contributed by atoms with van der Waals surface area (Å²) < 4.78 is 27.5. The van der Waals surface area contributed by atoms with Crippen molar-refractivity contribution in [3.05, 3.63) is 70.8 Å². The normalized spacial score (nSPS) is 15.4. The third kappa shape index (κ3) is 7.78. The van der Waals surface area contributed by atoms with Crippen LogP contribution in [-0.2, 0) is 11.2 Å². The number of amides is 2. The van der Waals surface area contributed by atoms with Crippen molar-refractivity contribution in [1.29, 1.82) is 0 Å². The number of halogens is 2. The predicted octanol–water partition coefficient (Wildman–Crippen LogP) is 2.44. The highest BCUT2D eigenvalue weighted by atomic mass is 19.1. The van der Waals surface area contributed by atoms with Crippen molar-refractivity contribution >= 4 is 11.8 Å². The van der Waals surface area contributed by atoms with Gasteiger partial charge in [0.25, 0.3) is 5.91 Å². The molecule has 0 aliphatic rings. The largest absolute Gasteiger partial charge is 0.390 e. The molecule has 204 valence electrons. The summed E-state index contributed by atoms with van der Waals surface area (Å²) in [6.45, 7) is 6.65. The van der Waals surface area contributed by atoms with Gasteiger partial charge in [0.1, 0.15) is 23.8 Å². The Hall–Kier alpha value is -2.92. The molecule has 0 fully saturated rings. The van der Waals surface area contributed by atoms with E-state index in [1.54, 1.807) is 11.0 Å². The maximum atomic E-state index is 13.8. The van der Waals surface area contributed by atoms with Crippen LogP contribution in [0.25, 0.3) is 0 Å². The third-order valence-electron chi connectivity index (χ3n) is 6.05. The van der Waals surface area contributed by atoms with Crippen LogP contribution in [0.1, 0.15) is 67.6 Å². The van der Waals surface area contributed by atoms with Crippen molar-refractivity contribution in [3.63, 3.8) is 0 Å². The third-order valence-corrected chi connectivity index (χ3v) is 6.05. The lowest BCUT2D eigenvalue weighted by Gasteiger charge is -2.39. The van der Waals surface area contributed by atoms with E-state index in [9.17, 15) is 38.8 Å². The van der Waals surface area contributed by atoms with Crippen molar-refractivity contribution < 1.29 is 38.8 Å². The fourth-order valence-electron chi connectivity index (χ4n) is 4.07. The van der Waals surface area contributed by atoms with Crippen LogP contribution in [0.4, 0.5) is 8.78 Å². The molecule has 2 rings (SSSR count). The molecule has 0 saturated heterocycles. The Balaban J connectivity index is 2.35. The highest BCUT2D eigenvalue weighted by Gasteiger charge is 2.48. The van der Waals surface area contributed by atoms with Crippen molar-refractivity contribution in [2.24, 2.45) is 0 Å². The number of carbonyl (C=O) groups is 2. The van der Waals surface area contributed by atoms with Gasteiger partial charge in [0.2, 0.25) is 5.91 Å². The van der Waals surface area contributed by atoms with E-state index in [0.29, 0.717) is 24.7 Å². The molecule has 10 heteroatoms. The molecule has 0 saturated carbocycles. The fourth-order valence-corrected chi connectivity index (χ4v) is 4.07. The summed E-state index contributed by atoms with van der Waals surface area (Å²) in [5, 5.41) is 45.0. The molecule has 2 aromatic carbocycles. The van der Waals surface area contributed by atoms with E-state index >= 15 is 0 Å². The van der Waals surface area contributed by atoms with Gasteiger partial charge < -0.3 is 30.6 Å². The quantitative estimate of drug-likeness (QED) is 0.257. The van der Waals surface area contributed by atoms with Gasteiger partial charge in [-0.2, -0.15) is 0 Å². The van der Waals surface area contributed by atoms with Gasteiger partial charge in [-0.05, 0) is 54.7 Å². The van der Waals surface area contributed by atoms with Gasteiger partial charge in [0.15, 0.2) is 5.72 Å². The molecular formula is C27H36F2N2O6. The number of benzene rings is 2. The van der Waals surface area contributed by atoms with Crippen molar-refractivity contribution in [2.45, 2.75) is 70.5 Å². The molecule has 0 bridgehead atoms. The lowest BCUT2D eigenvalue weighted by molar-refractivity contribution is -0.190. The minimum absolute atomic E-state index is 0.00271. The van der Waals surface area contributed by atoms with Crippen molar-refractivity contribution in [3.8, 4) is 0 Å². The zero-order valence-corrected chi connectivity index (χ0v) is 21.3. The van der Waals surface area contributed by atoms with Crippen LogP contribution < -0.4 is 5.32 Å². The summed E-state index contributed by atoms with van der Waals surface area (Å²) in [5.41, 5.74) is -2.86. The van der Waals surface area contributed by atoms with E-state index in [1.807, 2.05) is 13.8 Å². The number of rotatable bonds is 13. The summed E-state index contributed by atoms with van der Waals surface area (Å²) in [6.07, 6.45) is -4.35. The fraction of sp³-hybridized carbons (Fsp3) is 0.481. The molecule has 4 atom stereocenters. The second kappa shape index (κ2) is 13.6. The molecule has 1 unspecified atom stereocenters. The average molecular weight is 523 g/mol. The molecular weight excluding hydrogens is 486 g/mol. The molecule has 0 aliphatic carbocycles. The maximum absolute atomic E-state index is 13.8. The summed E-state index contributed by atoms with van der Waals surface area (Å²) in [4.78, 5) is 27.6. The van der Waals surface area contributed by atoms with Crippen LogP contribution in [-0.4, -0.2) is 68.2 Å². The number of aliphatic hydroxyl groups is 4. The molecule has 5 N–H and O–H groups in total. The van der Waals surface area contributed by atoms with Gasteiger partial charge in [-0.15, -0.1) is 0 Å². The number of aliphatic hydroxyl groups excluding tert-OH is 3. The second-order valence-corrected chi connectivity index (χ2v) is 9.06. The molecule has 2 amide bonds. The lowest BCUT2D eigenvalue weighted by atomic mass is 9.89. The van der Waals surface area contributed by atoms with E-state index in [-0.39, 0.29) is 24.3 Å². The van der Waals surface area contributed by atoms with Crippen LogP contribution >= 0.6 is 0 Å². The number of carbonyl (C=O) groups excluding carboxylic acids is 2. The van der Waals surface area contributed by atoms with Crippen LogP contribution in [0, 0.1) is 11.6 Å². The first-order valence-electron chi connectivity index (χ1n) is 12.4. The standard InChI is InChI=1S/C27H36F2N2O6/c1-4-10-31(11-5-2)23(33)13-17-8-7-9-18(12-17)26(36)30-27(37,25(35)22(32)6-3)24(34)19-14-20(28)16-21(29)15-19/h7-9,12,14-16,22,24-25,32,34-35,37H,4-6,10-11,13H2,1-3H3,(H,30,36)/t22-,24?,25+,27+/m1/s1. The van der Waals surface area contributed by atoms with Gasteiger partial charge >= 0.3 is 0 Å². The number of hydrogen-bond acceptors (Lipinski definition) is 6. The zero-order valence-electron chi connectivity index (χ0n) is 21.3. The van der Waals surface area contributed by atoms with E-state index in [2.05, 4.69) is 5.32 Å². The number of hydrogen-bond donors (Lipinski definition) is 5. The van der Waals surface area contributed by atoms with Crippen LogP contribution in [0.15, 0.2) is 42.5 Å². The molecule has 0 spiro atoms. The van der Waals surface area contributed by atoms with Crippen LogP contribution in [0.5, 0.6) is 0 Å². The Bertz CT molecular complexity index is 1040. The predicted molar refractivity (Wildman–Crippen MR) is 133 cm³/mol. The van der Waals surface area contributed by atoms with Gasteiger partial charge in [-0.25, -0.2) is 8.78 Å². The summed E-state index contributed by atoms with van der Waals surface area (Å²) in [7, 11) is 0. The molecule has 0 heterocycles. The topological polar surface area (TPSA) is 130 Å². The highest BCUT2D eigenvalue weighted by Crippen LogP contribution is 2.30. The van der Waals surface area contributed by atoms with E-state index < -0.39 is 47.1 Å². The van der Waals surface area contributed by atoms with Gasteiger partial charge in [0.05, 0.1) is 12.5 Å². The molecule has 0 aromatic heterocycles. The smallest absolute Gasteiger partial charge is 0.253 e. The van der Waals surface area contributed by atoms with E-state index in [0.717, 1.165) is 25.0 Å². The molecule has 8 nitrogen and oxygen atoms in total. The first-order chi connectivity index (χ1) is 17.5. The molecule has 2 aromatic rings. The van der Waals surface area contributed by atoms with Gasteiger partial charge in [-0.3, -0.25) is 9.59 Å². The molecule has 0 radical (unpaired) electrons. The summed E-state index contributed by atoms with van der Waals surface area (Å²) in [6, 6.07) is 8.06. The SMILES string of the molecule is CCCN(CCC)C(=O)Cc1cccc(C(=O)N[C@](O)(C(O)c2cc(F)cc(F)c2)[C@@H](O)[C@H](O)CC)c1. The Morgan fingerprint density at radius 2 is 1.57 bits per heavy atom. The minimum atomic E-state index is -2.92. The van der Waals surface area contributed by atoms with E-state index in [4.69, 9.17) is 0 Å². The van der Waals surface area contributed by atoms with Crippen LogP contribution in [0.3, 0.4) is 0 Å². The Morgan fingerprint density at radius 3 is 2.11 bits per heavy atom. The first-order valence-corrected chi connectivity index (χ1v) is 12.4. The molecule has 0 aliphatic heterocycles. The average Bonchev–Trinajstić information content (AvgIpc) is 2.86. The Kier molecular flexibility index (Phi) is 11.1. The number of nitrogens with one attached hydrogen (secondary N) is 1. The van der Waals surface area contributed by atoms with Crippen LogP contribution in [0.2, 0.25) is 0 Å². The lowest BCUT2D eigenvalue weighted by Crippen LogP contribution is -2.63. The first kappa shape index (κ1) is 30.3. The second-order valence-electron chi connectivity index (χ2n) is 9.06. The minimum Gasteiger partial charge on any atom is -0.390 e. The number of nitrogens with zero attached hydrogens (tertiary/aromatic N) is 1. The summed E-state index contributed by atoms with van der Waals surface area (Å²) >= 11 is 0. The monoisotopic (exact) mass is 522 g/mol. The van der Waals surface area contributed by atoms with Gasteiger partial charge in [0, 0.05) is 24.7 Å². The molecule has 37 heavy (non-hydrogen) atoms. The summed E-state index contributed by atoms with van der Waals surface area (Å²) in [5.74, 6) is -3.16. The highest BCUT2D eigenvalue weighted by molar-refractivity contribution is 5.95. The Morgan fingerprint density at radius 1 is 0.973 bits per heavy atom. The van der Waals surface area contributed by atoms with Crippen molar-refractivity contribution in [1.82, 2.24) is 10.2 Å².